The van der Waals surface area contributed by atoms with Crippen molar-refractivity contribution in [3.63, 3.8) is 0 Å². The van der Waals surface area contributed by atoms with Crippen LogP contribution in [-0.4, -0.2) is 10.9 Å². The SMILES string of the molecule is CC(NC(=O)Cc1csc(Cc2ccccc2)n1)c1cc2ccccc2o1. The molecule has 0 saturated heterocycles. The summed E-state index contributed by atoms with van der Waals surface area (Å²) in [6.45, 7) is 1.93. The smallest absolute Gasteiger partial charge is 0.226 e. The largest absolute Gasteiger partial charge is 0.459 e. The van der Waals surface area contributed by atoms with Gasteiger partial charge in [0.05, 0.1) is 23.2 Å². The molecule has 0 radical (unpaired) electrons. The number of nitrogens with zero attached hydrogens (tertiary/aromatic N) is 1. The molecular formula is C22H20N2O2S. The van der Waals surface area contributed by atoms with Crippen molar-refractivity contribution >= 4 is 28.2 Å². The molecule has 2 aromatic carbocycles. The molecule has 27 heavy (non-hydrogen) atoms. The van der Waals surface area contributed by atoms with Crippen molar-refractivity contribution in [2.24, 2.45) is 0 Å². The number of carbonyl (C=O) groups excluding carboxylic acids is 1. The van der Waals surface area contributed by atoms with Gasteiger partial charge in [-0.1, -0.05) is 48.5 Å². The fraction of sp³-hybridized carbons (Fsp3) is 0.182. The van der Waals surface area contributed by atoms with Crippen molar-refractivity contribution in [2.75, 3.05) is 0 Å². The summed E-state index contributed by atoms with van der Waals surface area (Å²) in [6, 6.07) is 19.9. The Morgan fingerprint density at radius 1 is 1.15 bits per heavy atom. The van der Waals surface area contributed by atoms with Gasteiger partial charge < -0.3 is 9.73 Å². The van der Waals surface area contributed by atoms with Crippen LogP contribution < -0.4 is 5.32 Å². The van der Waals surface area contributed by atoms with Gasteiger partial charge in [0.25, 0.3) is 0 Å². The van der Waals surface area contributed by atoms with Crippen molar-refractivity contribution in [3.05, 3.63) is 88.1 Å². The van der Waals surface area contributed by atoms with Gasteiger partial charge in [0, 0.05) is 17.2 Å². The Morgan fingerprint density at radius 3 is 2.74 bits per heavy atom. The Bertz CT molecular complexity index is 1020. The highest BCUT2D eigenvalue weighted by molar-refractivity contribution is 7.09. The molecule has 2 aromatic heterocycles. The molecule has 0 bridgehead atoms. The Labute approximate surface area is 161 Å². The van der Waals surface area contributed by atoms with E-state index in [0.29, 0.717) is 0 Å². The topological polar surface area (TPSA) is 55.1 Å². The first-order valence-electron chi connectivity index (χ1n) is 8.92. The van der Waals surface area contributed by atoms with Crippen LogP contribution in [0.25, 0.3) is 11.0 Å². The number of amides is 1. The van der Waals surface area contributed by atoms with Gasteiger partial charge in [-0.05, 0) is 24.6 Å². The van der Waals surface area contributed by atoms with Crippen molar-refractivity contribution in [2.45, 2.75) is 25.8 Å². The summed E-state index contributed by atoms with van der Waals surface area (Å²) in [6.07, 6.45) is 1.07. The first-order chi connectivity index (χ1) is 13.2. The number of rotatable bonds is 6. The first kappa shape index (κ1) is 17.5. The van der Waals surface area contributed by atoms with E-state index >= 15 is 0 Å². The van der Waals surface area contributed by atoms with E-state index < -0.39 is 0 Å². The maximum absolute atomic E-state index is 12.4. The van der Waals surface area contributed by atoms with Gasteiger partial charge in [0.15, 0.2) is 0 Å². The molecule has 2 heterocycles. The van der Waals surface area contributed by atoms with Crippen molar-refractivity contribution in [1.82, 2.24) is 10.3 Å². The van der Waals surface area contributed by atoms with Crippen LogP contribution in [0.1, 0.15) is 35.0 Å². The van der Waals surface area contributed by atoms with Crippen LogP contribution in [0.3, 0.4) is 0 Å². The third-order valence-electron chi connectivity index (χ3n) is 4.39. The zero-order valence-electron chi connectivity index (χ0n) is 15.0. The number of hydrogen-bond acceptors (Lipinski definition) is 4. The molecule has 1 amide bonds. The van der Waals surface area contributed by atoms with Crippen LogP contribution in [0.15, 0.2) is 70.5 Å². The number of carbonyl (C=O) groups is 1. The highest BCUT2D eigenvalue weighted by Crippen LogP contribution is 2.23. The van der Waals surface area contributed by atoms with Crippen LogP contribution >= 0.6 is 11.3 Å². The molecule has 0 fully saturated rings. The Balaban J connectivity index is 1.36. The Kier molecular flexibility index (Phi) is 5.03. The third kappa shape index (κ3) is 4.26. The van der Waals surface area contributed by atoms with E-state index in [1.807, 2.05) is 60.8 Å². The lowest BCUT2D eigenvalue weighted by atomic mass is 10.2. The third-order valence-corrected chi connectivity index (χ3v) is 5.29. The quantitative estimate of drug-likeness (QED) is 0.521. The number of fused-ring (bicyclic) bond motifs is 1. The first-order valence-corrected chi connectivity index (χ1v) is 9.80. The standard InChI is InChI=1S/C22H20N2O2S/c1-15(20-12-17-9-5-6-10-19(17)26-20)23-21(25)13-18-14-27-22(24-18)11-16-7-3-2-4-8-16/h2-10,12,14-15H,11,13H2,1H3,(H,23,25). The highest BCUT2D eigenvalue weighted by atomic mass is 32.1. The summed E-state index contributed by atoms with van der Waals surface area (Å²) in [5.74, 6) is 0.701. The average molecular weight is 376 g/mol. The lowest BCUT2D eigenvalue weighted by Gasteiger charge is -2.10. The van der Waals surface area contributed by atoms with E-state index in [1.165, 1.54) is 5.56 Å². The van der Waals surface area contributed by atoms with E-state index in [1.54, 1.807) is 11.3 Å². The molecule has 4 aromatic rings. The number of para-hydroxylation sites is 1. The molecule has 1 N–H and O–H groups in total. The number of aromatic nitrogens is 1. The second-order valence-electron chi connectivity index (χ2n) is 6.55. The minimum Gasteiger partial charge on any atom is -0.459 e. The molecule has 0 spiro atoms. The van der Waals surface area contributed by atoms with E-state index in [-0.39, 0.29) is 18.4 Å². The van der Waals surface area contributed by atoms with Crippen LogP contribution in [-0.2, 0) is 17.6 Å². The minimum atomic E-state index is -0.188. The molecule has 0 aliphatic heterocycles. The van der Waals surface area contributed by atoms with Gasteiger partial charge in [-0.2, -0.15) is 0 Å². The molecular weight excluding hydrogens is 356 g/mol. The molecule has 1 unspecified atom stereocenters. The van der Waals surface area contributed by atoms with Crippen LogP contribution in [0.4, 0.5) is 0 Å². The zero-order valence-corrected chi connectivity index (χ0v) is 15.8. The zero-order chi connectivity index (χ0) is 18.6. The van der Waals surface area contributed by atoms with Gasteiger partial charge in [0.2, 0.25) is 5.91 Å². The normalized spacial score (nSPS) is 12.2. The van der Waals surface area contributed by atoms with E-state index in [2.05, 4.69) is 22.4 Å². The summed E-state index contributed by atoms with van der Waals surface area (Å²) < 4.78 is 5.82. The highest BCUT2D eigenvalue weighted by Gasteiger charge is 2.15. The van der Waals surface area contributed by atoms with Gasteiger partial charge in [-0.15, -0.1) is 11.3 Å². The van der Waals surface area contributed by atoms with Crippen LogP contribution in [0.2, 0.25) is 0 Å². The predicted molar refractivity (Wildman–Crippen MR) is 108 cm³/mol. The summed E-state index contributed by atoms with van der Waals surface area (Å²) in [4.78, 5) is 17.0. The molecule has 4 nitrogen and oxygen atoms in total. The van der Waals surface area contributed by atoms with E-state index in [9.17, 15) is 4.79 Å². The molecule has 5 heteroatoms. The minimum absolute atomic E-state index is 0.0560. The number of hydrogen-bond donors (Lipinski definition) is 1. The van der Waals surface area contributed by atoms with Crippen LogP contribution in [0, 0.1) is 0 Å². The monoisotopic (exact) mass is 376 g/mol. The molecule has 4 rings (SSSR count). The van der Waals surface area contributed by atoms with Crippen molar-refractivity contribution < 1.29 is 9.21 Å². The second-order valence-corrected chi connectivity index (χ2v) is 7.49. The maximum Gasteiger partial charge on any atom is 0.226 e. The van der Waals surface area contributed by atoms with Gasteiger partial charge in [-0.3, -0.25) is 4.79 Å². The number of thiazole rings is 1. The molecule has 0 aliphatic carbocycles. The Hall–Kier alpha value is -2.92. The molecule has 0 aliphatic rings. The number of furan rings is 1. The number of nitrogens with one attached hydrogen (secondary N) is 1. The van der Waals surface area contributed by atoms with Gasteiger partial charge in [-0.25, -0.2) is 4.98 Å². The lowest BCUT2D eigenvalue weighted by Crippen LogP contribution is -2.27. The summed E-state index contributed by atoms with van der Waals surface area (Å²) in [7, 11) is 0. The molecule has 136 valence electrons. The van der Waals surface area contributed by atoms with Crippen LogP contribution in [0.5, 0.6) is 0 Å². The summed E-state index contributed by atoms with van der Waals surface area (Å²) in [5, 5.41) is 7.02. The van der Waals surface area contributed by atoms with Gasteiger partial charge >= 0.3 is 0 Å². The fourth-order valence-corrected chi connectivity index (χ4v) is 3.85. The predicted octanol–water partition coefficient (Wildman–Crippen LogP) is 4.90. The van der Waals surface area contributed by atoms with E-state index in [0.717, 1.165) is 33.9 Å². The summed E-state index contributed by atoms with van der Waals surface area (Å²) >= 11 is 1.59. The molecule has 0 saturated carbocycles. The molecule has 1 atom stereocenters. The van der Waals surface area contributed by atoms with Gasteiger partial charge in [0.1, 0.15) is 11.3 Å². The van der Waals surface area contributed by atoms with Crippen molar-refractivity contribution in [1.29, 1.82) is 0 Å². The fourth-order valence-electron chi connectivity index (χ4n) is 3.03. The lowest BCUT2D eigenvalue weighted by molar-refractivity contribution is -0.121. The maximum atomic E-state index is 12.4. The van der Waals surface area contributed by atoms with Crippen molar-refractivity contribution in [3.8, 4) is 0 Å². The second kappa shape index (κ2) is 7.76. The average Bonchev–Trinajstić information content (AvgIpc) is 3.29. The Morgan fingerprint density at radius 2 is 1.93 bits per heavy atom. The number of benzene rings is 2. The van der Waals surface area contributed by atoms with E-state index in [4.69, 9.17) is 4.42 Å². The summed E-state index contributed by atoms with van der Waals surface area (Å²) in [5.41, 5.74) is 2.86.